The number of hydrogen-bond donors (Lipinski definition) is 0. The molecule has 0 spiro atoms. The second kappa shape index (κ2) is 60.6. The minimum Gasteiger partial charge on any atom is -0.462 e. The van der Waals surface area contributed by atoms with Crippen LogP contribution < -0.4 is 0 Å². The van der Waals surface area contributed by atoms with Crippen molar-refractivity contribution in [1.82, 2.24) is 0 Å². The first-order valence-electron chi connectivity index (χ1n) is 30.4. The van der Waals surface area contributed by atoms with Crippen LogP contribution in [-0.2, 0) is 28.6 Å². The number of carbonyl (C=O) groups is 3. The summed E-state index contributed by atoms with van der Waals surface area (Å²) >= 11 is 0. The van der Waals surface area contributed by atoms with Crippen LogP contribution in [0.15, 0.2) is 109 Å². The fraction of sp³-hybridized carbons (Fsp3) is 0.687. The van der Waals surface area contributed by atoms with Crippen LogP contribution in [0.4, 0.5) is 0 Å². The van der Waals surface area contributed by atoms with Crippen LogP contribution in [0.2, 0.25) is 0 Å². The van der Waals surface area contributed by atoms with Crippen molar-refractivity contribution in [1.29, 1.82) is 0 Å². The number of carbonyl (C=O) groups excluding carboxylic acids is 3. The van der Waals surface area contributed by atoms with E-state index in [4.69, 9.17) is 14.2 Å². The predicted octanol–water partition coefficient (Wildman–Crippen LogP) is 20.7. The molecule has 0 saturated heterocycles. The highest BCUT2D eigenvalue weighted by atomic mass is 16.6. The van der Waals surface area contributed by atoms with E-state index in [1.54, 1.807) is 0 Å². The molecule has 0 radical (unpaired) electrons. The van der Waals surface area contributed by atoms with Gasteiger partial charge in [-0.15, -0.1) is 0 Å². The van der Waals surface area contributed by atoms with Gasteiger partial charge in [-0.1, -0.05) is 265 Å². The highest BCUT2D eigenvalue weighted by Crippen LogP contribution is 2.16. The molecular weight excluding hydrogens is 901 g/mol. The van der Waals surface area contributed by atoms with E-state index in [-0.39, 0.29) is 31.1 Å². The number of allylic oxidation sites excluding steroid dienone is 18. The van der Waals surface area contributed by atoms with Crippen molar-refractivity contribution in [2.24, 2.45) is 0 Å². The second-order valence-corrected chi connectivity index (χ2v) is 19.9. The van der Waals surface area contributed by atoms with Crippen molar-refractivity contribution in [3.8, 4) is 0 Å². The van der Waals surface area contributed by atoms with Gasteiger partial charge in [0.1, 0.15) is 13.2 Å². The predicted molar refractivity (Wildman–Crippen MR) is 316 cm³/mol. The first-order valence-corrected chi connectivity index (χ1v) is 30.4. The van der Waals surface area contributed by atoms with Gasteiger partial charge in [0, 0.05) is 19.3 Å². The molecule has 0 amide bonds. The third-order valence-corrected chi connectivity index (χ3v) is 12.8. The lowest BCUT2D eigenvalue weighted by Crippen LogP contribution is -2.30. The highest BCUT2D eigenvalue weighted by molar-refractivity contribution is 5.71. The summed E-state index contributed by atoms with van der Waals surface area (Å²) in [5.41, 5.74) is 0. The molecule has 0 aliphatic rings. The molecule has 0 aromatic rings. The first kappa shape index (κ1) is 69.1. The quantitative estimate of drug-likeness (QED) is 0.0261. The third kappa shape index (κ3) is 58.8. The molecule has 1 unspecified atom stereocenters. The highest BCUT2D eigenvalue weighted by Gasteiger charge is 2.19. The monoisotopic (exact) mass is 1010 g/mol. The summed E-state index contributed by atoms with van der Waals surface area (Å²) in [5, 5.41) is 0. The Labute approximate surface area is 450 Å². The van der Waals surface area contributed by atoms with Crippen LogP contribution in [-0.4, -0.2) is 37.2 Å². The van der Waals surface area contributed by atoms with E-state index in [1.807, 2.05) is 0 Å². The van der Waals surface area contributed by atoms with E-state index in [9.17, 15) is 14.4 Å². The fourth-order valence-corrected chi connectivity index (χ4v) is 8.28. The Morgan fingerprint density at radius 1 is 0.288 bits per heavy atom. The van der Waals surface area contributed by atoms with Crippen LogP contribution >= 0.6 is 0 Å². The molecule has 0 aliphatic heterocycles. The Kier molecular flexibility index (Phi) is 57.4. The second-order valence-electron chi connectivity index (χ2n) is 19.9. The molecule has 416 valence electrons. The zero-order valence-corrected chi connectivity index (χ0v) is 47.6. The molecule has 0 heterocycles. The van der Waals surface area contributed by atoms with Crippen molar-refractivity contribution in [3.63, 3.8) is 0 Å². The van der Waals surface area contributed by atoms with Gasteiger partial charge in [0.15, 0.2) is 6.10 Å². The van der Waals surface area contributed by atoms with E-state index in [0.29, 0.717) is 19.3 Å². The Morgan fingerprint density at radius 2 is 0.534 bits per heavy atom. The molecule has 0 aliphatic carbocycles. The standard InChI is InChI=1S/C67H112O6/c1-4-7-10-13-16-19-22-25-28-30-31-32-33-34-35-37-39-42-45-48-51-54-57-60-66(69)72-63-64(62-71-65(68)59-56-53-50-47-44-41-38-27-24-21-18-15-12-9-6-3)73-67(70)61-58-55-52-49-46-43-40-36-29-26-23-20-17-14-11-8-5-2/h7-8,10-11,16-17,19-20,25-26,28-29,31-32,34-35,39,42,64H,4-6,9,12-15,18,21-24,27,30,33,36-38,40-41,43-63H2,1-3H3/b10-7-,11-8-,19-16-,20-17-,28-25-,29-26-,32-31-,35-34-,42-39-. The Hall–Kier alpha value is -3.93. The summed E-state index contributed by atoms with van der Waals surface area (Å²) in [7, 11) is 0. The first-order chi connectivity index (χ1) is 36.0. The number of rotatable bonds is 54. The van der Waals surface area contributed by atoms with Crippen molar-refractivity contribution >= 4 is 17.9 Å². The van der Waals surface area contributed by atoms with Crippen molar-refractivity contribution in [2.75, 3.05) is 13.2 Å². The molecule has 0 aromatic heterocycles. The Bertz CT molecular complexity index is 1490. The van der Waals surface area contributed by atoms with Gasteiger partial charge in [-0.05, 0) is 103 Å². The van der Waals surface area contributed by atoms with Gasteiger partial charge in [-0.25, -0.2) is 0 Å². The van der Waals surface area contributed by atoms with Gasteiger partial charge in [0.25, 0.3) is 0 Å². The largest absolute Gasteiger partial charge is 0.462 e. The molecule has 6 heteroatoms. The van der Waals surface area contributed by atoms with Gasteiger partial charge >= 0.3 is 17.9 Å². The molecule has 6 nitrogen and oxygen atoms in total. The SMILES string of the molecule is CC/C=C\C/C=C\C/C=C\C/C=C\C/C=C\C/C=C\CCCCCCC(=O)OCC(COC(=O)CCCCCCCCCCCCCCCCC)OC(=O)CCCCCCCCC/C=C\C/C=C\C/C=C\CC. The van der Waals surface area contributed by atoms with Gasteiger partial charge in [0.05, 0.1) is 0 Å². The summed E-state index contributed by atoms with van der Waals surface area (Å²) in [6, 6.07) is 0. The lowest BCUT2D eigenvalue weighted by molar-refractivity contribution is -0.167. The summed E-state index contributed by atoms with van der Waals surface area (Å²) in [6.07, 6.45) is 82.2. The minimum absolute atomic E-state index is 0.0896. The van der Waals surface area contributed by atoms with Crippen LogP contribution in [0.5, 0.6) is 0 Å². The number of unbranched alkanes of at least 4 members (excludes halogenated alkanes) is 25. The topological polar surface area (TPSA) is 78.9 Å². The maximum atomic E-state index is 12.9. The van der Waals surface area contributed by atoms with Crippen molar-refractivity contribution in [2.45, 2.75) is 284 Å². The summed E-state index contributed by atoms with van der Waals surface area (Å²) < 4.78 is 16.9. The molecule has 0 rings (SSSR count). The van der Waals surface area contributed by atoms with Crippen LogP contribution in [0.3, 0.4) is 0 Å². The van der Waals surface area contributed by atoms with E-state index in [1.165, 1.54) is 103 Å². The van der Waals surface area contributed by atoms with Crippen LogP contribution in [0.1, 0.15) is 278 Å². The number of ether oxygens (including phenoxy) is 3. The zero-order chi connectivity index (χ0) is 52.9. The lowest BCUT2D eigenvalue weighted by Gasteiger charge is -2.18. The molecular formula is C67H112O6. The zero-order valence-electron chi connectivity index (χ0n) is 47.6. The van der Waals surface area contributed by atoms with Crippen molar-refractivity contribution in [3.05, 3.63) is 109 Å². The van der Waals surface area contributed by atoms with Gasteiger partial charge in [-0.2, -0.15) is 0 Å². The molecule has 0 bridgehead atoms. The van der Waals surface area contributed by atoms with Gasteiger partial charge < -0.3 is 14.2 Å². The smallest absolute Gasteiger partial charge is 0.306 e. The minimum atomic E-state index is -0.795. The maximum absolute atomic E-state index is 12.9. The van der Waals surface area contributed by atoms with Gasteiger partial charge in [-0.3, -0.25) is 14.4 Å². The number of hydrogen-bond acceptors (Lipinski definition) is 6. The number of esters is 3. The average molecular weight is 1010 g/mol. The van der Waals surface area contributed by atoms with Crippen molar-refractivity contribution < 1.29 is 28.6 Å². The summed E-state index contributed by atoms with van der Waals surface area (Å²) in [6.45, 7) is 6.40. The molecule has 0 aromatic carbocycles. The normalized spacial score (nSPS) is 12.9. The van der Waals surface area contributed by atoms with E-state index < -0.39 is 6.10 Å². The Morgan fingerprint density at radius 3 is 0.836 bits per heavy atom. The van der Waals surface area contributed by atoms with Crippen LogP contribution in [0.25, 0.3) is 0 Å². The van der Waals surface area contributed by atoms with Gasteiger partial charge in [0.2, 0.25) is 0 Å². The summed E-state index contributed by atoms with van der Waals surface area (Å²) in [5.74, 6) is -0.919. The molecule has 1 atom stereocenters. The molecule has 0 fully saturated rings. The molecule has 0 N–H and O–H groups in total. The summed E-state index contributed by atoms with van der Waals surface area (Å²) in [4.78, 5) is 38.3. The van der Waals surface area contributed by atoms with E-state index in [0.717, 1.165) is 135 Å². The fourth-order valence-electron chi connectivity index (χ4n) is 8.28. The van der Waals surface area contributed by atoms with E-state index in [2.05, 4.69) is 130 Å². The maximum Gasteiger partial charge on any atom is 0.306 e. The third-order valence-electron chi connectivity index (χ3n) is 12.8. The van der Waals surface area contributed by atoms with Crippen LogP contribution in [0, 0.1) is 0 Å². The lowest BCUT2D eigenvalue weighted by atomic mass is 10.0. The average Bonchev–Trinajstić information content (AvgIpc) is 3.39. The van der Waals surface area contributed by atoms with E-state index >= 15 is 0 Å². The molecule has 0 saturated carbocycles. The Balaban J connectivity index is 4.44. The molecule has 73 heavy (non-hydrogen) atoms.